The molecule has 0 spiro atoms. The summed E-state index contributed by atoms with van der Waals surface area (Å²) in [5.41, 5.74) is 4.24. The third-order valence-electron chi connectivity index (χ3n) is 10.7. The first-order chi connectivity index (χ1) is 16.1. The summed E-state index contributed by atoms with van der Waals surface area (Å²) in [6.07, 6.45) is 11.7. The summed E-state index contributed by atoms with van der Waals surface area (Å²) in [5, 5.41) is 9.88. The predicted molar refractivity (Wildman–Crippen MR) is 136 cm³/mol. The number of hydrogen-bond donors (Lipinski definition) is 1. The Morgan fingerprint density at radius 1 is 1.09 bits per heavy atom. The first-order valence-corrected chi connectivity index (χ1v) is 13.4. The highest BCUT2D eigenvalue weighted by Crippen LogP contribution is 2.66. The van der Waals surface area contributed by atoms with Crippen molar-refractivity contribution < 1.29 is 14.6 Å². The lowest BCUT2D eigenvalue weighted by Gasteiger charge is -2.60. The van der Waals surface area contributed by atoms with E-state index in [9.17, 15) is 9.90 Å². The van der Waals surface area contributed by atoms with Gasteiger partial charge in [-0.3, -0.25) is 0 Å². The van der Waals surface area contributed by atoms with Gasteiger partial charge in [-0.05, 0) is 90.7 Å². The molecule has 34 heavy (non-hydrogen) atoms. The summed E-state index contributed by atoms with van der Waals surface area (Å²) >= 11 is 0. The van der Waals surface area contributed by atoms with Gasteiger partial charge in [0.15, 0.2) is 0 Å². The van der Waals surface area contributed by atoms with E-state index >= 15 is 0 Å². The van der Waals surface area contributed by atoms with Gasteiger partial charge in [-0.1, -0.05) is 70.5 Å². The van der Waals surface area contributed by atoms with Crippen LogP contribution in [0.15, 0.2) is 53.6 Å². The molecule has 4 aliphatic rings. The Bertz CT molecular complexity index is 1000. The van der Waals surface area contributed by atoms with Crippen molar-refractivity contribution in [2.75, 3.05) is 6.61 Å². The lowest BCUT2D eigenvalue weighted by molar-refractivity contribution is -0.105. The van der Waals surface area contributed by atoms with E-state index in [0.717, 1.165) is 12.8 Å². The van der Waals surface area contributed by atoms with Gasteiger partial charge in [0.2, 0.25) is 0 Å². The topological polar surface area (TPSA) is 46.5 Å². The molecule has 0 saturated heterocycles. The Hall–Kier alpha value is -1.87. The van der Waals surface area contributed by atoms with Gasteiger partial charge in [0.05, 0.1) is 5.56 Å². The van der Waals surface area contributed by atoms with Gasteiger partial charge in [-0.15, -0.1) is 0 Å². The summed E-state index contributed by atoms with van der Waals surface area (Å²) < 4.78 is 6.15. The standard InChI is InChI=1S/C31H42O3/c1-20(19-32)23-12-13-24-22-11-14-26-29(2,3)27(34-28(33)21-9-7-6-8-10-21)16-18-31(26,5)25(22)15-17-30(23,24)4/h6-11,14,20,23,25-27,32H,12-13,15-19H2,1-5H3/t20-,23-,25+,26+,27+,30-,31-/m1/s1. The van der Waals surface area contributed by atoms with E-state index in [0.29, 0.717) is 35.8 Å². The molecule has 2 fully saturated rings. The maximum Gasteiger partial charge on any atom is 0.338 e. The highest BCUT2D eigenvalue weighted by Gasteiger charge is 2.59. The number of allylic oxidation sites excluding steroid dienone is 4. The number of benzene rings is 1. The minimum absolute atomic E-state index is 0.0766. The van der Waals surface area contributed by atoms with Crippen LogP contribution in [-0.4, -0.2) is 23.8 Å². The van der Waals surface area contributed by atoms with Crippen molar-refractivity contribution in [1.82, 2.24) is 0 Å². The Kier molecular flexibility index (Phi) is 5.87. The number of aliphatic hydroxyl groups is 1. The molecule has 1 aromatic carbocycles. The molecule has 3 nitrogen and oxygen atoms in total. The normalized spacial score (nSPS) is 39.1. The zero-order valence-corrected chi connectivity index (χ0v) is 21.6. The van der Waals surface area contributed by atoms with Gasteiger partial charge in [0, 0.05) is 12.0 Å². The molecule has 5 rings (SSSR count). The largest absolute Gasteiger partial charge is 0.458 e. The lowest BCUT2D eigenvalue weighted by Crippen LogP contribution is -2.55. The van der Waals surface area contributed by atoms with Crippen LogP contribution in [-0.2, 0) is 4.74 Å². The number of hydrogen-bond acceptors (Lipinski definition) is 3. The molecule has 0 aliphatic heterocycles. The van der Waals surface area contributed by atoms with E-state index in [2.05, 4.69) is 46.8 Å². The monoisotopic (exact) mass is 462 g/mol. The number of carbonyl (C=O) groups excluding carboxylic acids is 1. The molecule has 0 unspecified atom stereocenters. The van der Waals surface area contributed by atoms with Crippen LogP contribution in [0, 0.1) is 39.9 Å². The van der Waals surface area contributed by atoms with Crippen molar-refractivity contribution in [1.29, 1.82) is 0 Å². The fraction of sp³-hybridized carbons (Fsp3) is 0.645. The maximum absolute atomic E-state index is 12.9. The molecular weight excluding hydrogens is 420 g/mol. The van der Waals surface area contributed by atoms with Crippen molar-refractivity contribution in [3.8, 4) is 0 Å². The molecule has 0 amide bonds. The quantitative estimate of drug-likeness (QED) is 0.491. The molecule has 2 saturated carbocycles. The first-order valence-electron chi connectivity index (χ1n) is 13.4. The van der Waals surface area contributed by atoms with E-state index in [4.69, 9.17) is 4.74 Å². The van der Waals surface area contributed by atoms with Crippen LogP contribution in [0.1, 0.15) is 83.5 Å². The maximum atomic E-state index is 12.9. The van der Waals surface area contributed by atoms with Crippen LogP contribution in [0.2, 0.25) is 0 Å². The molecule has 0 aromatic heterocycles. The van der Waals surface area contributed by atoms with Gasteiger partial charge >= 0.3 is 5.97 Å². The highest BCUT2D eigenvalue weighted by atomic mass is 16.5. The van der Waals surface area contributed by atoms with Crippen molar-refractivity contribution in [2.45, 2.75) is 79.2 Å². The van der Waals surface area contributed by atoms with Crippen LogP contribution in [0.25, 0.3) is 0 Å². The highest BCUT2D eigenvalue weighted by molar-refractivity contribution is 5.89. The second-order valence-electron chi connectivity index (χ2n) is 12.7. The van der Waals surface area contributed by atoms with Crippen LogP contribution >= 0.6 is 0 Å². The van der Waals surface area contributed by atoms with E-state index in [1.807, 2.05) is 30.3 Å². The van der Waals surface area contributed by atoms with Crippen molar-refractivity contribution in [3.05, 3.63) is 59.2 Å². The Labute approximate surface area is 205 Å². The smallest absolute Gasteiger partial charge is 0.338 e. The predicted octanol–water partition coefficient (Wildman–Crippen LogP) is 6.98. The molecule has 0 bridgehead atoms. The minimum Gasteiger partial charge on any atom is -0.458 e. The van der Waals surface area contributed by atoms with Gasteiger partial charge < -0.3 is 9.84 Å². The lowest BCUT2D eigenvalue weighted by atomic mass is 9.46. The number of rotatable bonds is 4. The average molecular weight is 463 g/mol. The number of fused-ring (bicyclic) bond motifs is 4. The number of esters is 1. The van der Waals surface area contributed by atoms with Crippen LogP contribution in [0.5, 0.6) is 0 Å². The van der Waals surface area contributed by atoms with Gasteiger partial charge in [-0.2, -0.15) is 0 Å². The molecule has 0 heterocycles. The summed E-state index contributed by atoms with van der Waals surface area (Å²) in [7, 11) is 0. The van der Waals surface area contributed by atoms with Crippen molar-refractivity contribution >= 4 is 5.97 Å². The Morgan fingerprint density at radius 3 is 2.53 bits per heavy atom. The molecule has 0 radical (unpaired) electrons. The minimum atomic E-state index is -0.201. The van der Waals surface area contributed by atoms with Gasteiger partial charge in [0.1, 0.15) is 6.10 Å². The fourth-order valence-corrected chi connectivity index (χ4v) is 8.75. The fourth-order valence-electron chi connectivity index (χ4n) is 8.75. The van der Waals surface area contributed by atoms with Gasteiger partial charge in [0.25, 0.3) is 0 Å². The Balaban J connectivity index is 1.45. The first kappa shape index (κ1) is 23.9. The molecule has 4 aliphatic carbocycles. The molecular formula is C31H42O3. The van der Waals surface area contributed by atoms with Crippen molar-refractivity contribution in [3.63, 3.8) is 0 Å². The van der Waals surface area contributed by atoms with E-state index in [1.54, 1.807) is 11.1 Å². The zero-order chi connectivity index (χ0) is 24.3. The summed E-state index contributed by atoms with van der Waals surface area (Å²) in [5.74, 6) is 1.72. The zero-order valence-electron chi connectivity index (χ0n) is 21.6. The number of aliphatic hydroxyl groups excluding tert-OH is 1. The third kappa shape index (κ3) is 3.45. The second kappa shape index (κ2) is 8.36. The summed E-state index contributed by atoms with van der Waals surface area (Å²) in [6, 6.07) is 9.39. The second-order valence-corrected chi connectivity index (χ2v) is 12.7. The summed E-state index contributed by atoms with van der Waals surface area (Å²) in [6.45, 7) is 12.1. The molecule has 1 aromatic rings. The van der Waals surface area contributed by atoms with Crippen LogP contribution in [0.4, 0.5) is 0 Å². The van der Waals surface area contributed by atoms with Crippen LogP contribution in [0.3, 0.4) is 0 Å². The molecule has 3 heteroatoms. The van der Waals surface area contributed by atoms with Crippen LogP contribution < -0.4 is 0 Å². The number of carbonyl (C=O) groups is 1. The Morgan fingerprint density at radius 2 is 1.82 bits per heavy atom. The van der Waals surface area contributed by atoms with Crippen molar-refractivity contribution in [2.24, 2.45) is 39.9 Å². The summed E-state index contributed by atoms with van der Waals surface area (Å²) in [4.78, 5) is 12.9. The van der Waals surface area contributed by atoms with E-state index in [-0.39, 0.29) is 28.3 Å². The third-order valence-corrected chi connectivity index (χ3v) is 10.7. The molecule has 184 valence electrons. The molecule has 1 N–H and O–H groups in total. The van der Waals surface area contributed by atoms with Gasteiger partial charge in [-0.25, -0.2) is 4.79 Å². The van der Waals surface area contributed by atoms with E-state index < -0.39 is 0 Å². The average Bonchev–Trinajstić information content (AvgIpc) is 3.18. The SMILES string of the molecule is C[C@H](CO)[C@H]1CCC2=C3C=C[C@H]4C(C)(C)[C@@H](OC(=O)c5ccccc5)CC[C@]4(C)[C@H]3CC[C@@]21C. The molecule has 7 atom stereocenters. The van der Waals surface area contributed by atoms with E-state index in [1.165, 1.54) is 25.7 Å². The number of ether oxygens (including phenoxy) is 1.